The van der Waals surface area contributed by atoms with Gasteiger partial charge in [0.05, 0.1) is 6.10 Å². The molecule has 1 unspecified atom stereocenters. The number of hydrogen-bond donors (Lipinski definition) is 1. The van der Waals surface area contributed by atoms with Crippen LogP contribution in [-0.2, 0) is 0 Å². The smallest absolute Gasteiger partial charge is 0.150 e. The lowest BCUT2D eigenvalue weighted by Gasteiger charge is -2.20. The molecule has 0 aliphatic heterocycles. The maximum absolute atomic E-state index is 11.0. The maximum Gasteiger partial charge on any atom is 0.150 e. The number of carbonyl (C=O) groups is 1. The first-order valence-corrected chi connectivity index (χ1v) is 10.2. The van der Waals surface area contributed by atoms with Crippen molar-refractivity contribution in [3.63, 3.8) is 0 Å². The molecular weight excluding hydrogens is 252 g/mol. The summed E-state index contributed by atoms with van der Waals surface area (Å²) in [5, 5.41) is 10.3. The number of benzene rings is 1. The molecule has 0 bridgehead atoms. The number of aliphatic hydroxyl groups is 1. The molecule has 0 spiro atoms. The van der Waals surface area contributed by atoms with Crippen LogP contribution < -0.4 is 0 Å². The molecule has 0 heterocycles. The Morgan fingerprint density at radius 1 is 1.42 bits per heavy atom. The Morgan fingerprint density at radius 3 is 2.58 bits per heavy atom. The summed E-state index contributed by atoms with van der Waals surface area (Å²) in [5.74, 6) is 0. The van der Waals surface area contributed by atoms with Crippen LogP contribution in [0.25, 0.3) is 0 Å². The number of aldehydes is 1. The highest BCUT2D eigenvalue weighted by molar-refractivity contribution is 6.76. The lowest BCUT2D eigenvalue weighted by Crippen LogP contribution is -2.20. The lowest BCUT2D eigenvalue weighted by atomic mass is 9.98. The Bertz CT molecular complexity index is 494. The predicted octanol–water partition coefficient (Wildman–Crippen LogP) is 3.97. The number of carbonyl (C=O) groups excluding carboxylic acids is 1. The highest BCUT2D eigenvalue weighted by atomic mass is 28.3. The molecule has 0 radical (unpaired) electrons. The molecule has 0 aromatic heterocycles. The van der Waals surface area contributed by atoms with Crippen molar-refractivity contribution in [1.82, 2.24) is 0 Å². The van der Waals surface area contributed by atoms with E-state index in [2.05, 4.69) is 32.0 Å². The van der Waals surface area contributed by atoms with Gasteiger partial charge in [0.2, 0.25) is 0 Å². The van der Waals surface area contributed by atoms with Crippen LogP contribution in [0.5, 0.6) is 0 Å². The standard InChI is InChI=1S/C16H22O2Si/c1-5-13(12-19(2,3)4)10-16(18)15-9-7-6-8-14(15)11-17/h6-9,11,16,18H,1,10,12H2,2-4H3. The van der Waals surface area contributed by atoms with Crippen molar-refractivity contribution in [3.8, 4) is 0 Å². The van der Waals surface area contributed by atoms with Crippen LogP contribution in [0, 0.1) is 0 Å². The van der Waals surface area contributed by atoms with Crippen LogP contribution in [0.4, 0.5) is 0 Å². The Hall–Kier alpha value is -1.41. The van der Waals surface area contributed by atoms with Gasteiger partial charge in [0.15, 0.2) is 0 Å². The molecule has 0 aliphatic carbocycles. The van der Waals surface area contributed by atoms with Crippen molar-refractivity contribution in [1.29, 1.82) is 0 Å². The molecule has 1 atom stereocenters. The van der Waals surface area contributed by atoms with Crippen molar-refractivity contribution in [2.45, 2.75) is 38.2 Å². The number of rotatable bonds is 6. The Labute approximate surface area is 116 Å². The summed E-state index contributed by atoms with van der Waals surface area (Å²) in [6.45, 7) is 10.5. The summed E-state index contributed by atoms with van der Waals surface area (Å²) in [6, 6.07) is 8.12. The van der Waals surface area contributed by atoms with Crippen LogP contribution in [0.3, 0.4) is 0 Å². The minimum absolute atomic E-state index is 0.499. The van der Waals surface area contributed by atoms with E-state index < -0.39 is 14.2 Å². The molecule has 1 aromatic carbocycles. The molecule has 3 heteroatoms. The molecule has 1 aromatic rings. The van der Waals surface area contributed by atoms with Gasteiger partial charge >= 0.3 is 0 Å². The molecule has 102 valence electrons. The van der Waals surface area contributed by atoms with Crippen molar-refractivity contribution < 1.29 is 9.90 Å². The van der Waals surface area contributed by atoms with Gasteiger partial charge in [-0.3, -0.25) is 4.79 Å². The predicted molar refractivity (Wildman–Crippen MR) is 82.2 cm³/mol. The normalized spacial score (nSPS) is 12.6. The van der Waals surface area contributed by atoms with E-state index >= 15 is 0 Å². The monoisotopic (exact) mass is 274 g/mol. The average molecular weight is 274 g/mol. The van der Waals surface area contributed by atoms with E-state index in [4.69, 9.17) is 0 Å². The van der Waals surface area contributed by atoms with Crippen LogP contribution in [0.1, 0.15) is 28.4 Å². The summed E-state index contributed by atoms with van der Waals surface area (Å²) >= 11 is 0. The summed E-state index contributed by atoms with van der Waals surface area (Å²) in [4.78, 5) is 11.0. The first kappa shape index (κ1) is 15.6. The van der Waals surface area contributed by atoms with E-state index in [9.17, 15) is 9.90 Å². The van der Waals surface area contributed by atoms with Crippen LogP contribution in [-0.4, -0.2) is 19.5 Å². The summed E-state index contributed by atoms with van der Waals surface area (Å²) < 4.78 is 0. The number of aliphatic hydroxyl groups excluding tert-OH is 1. The van der Waals surface area contributed by atoms with Gasteiger partial charge in [-0.2, -0.15) is 0 Å². The SMILES string of the molecule is C=C=C(CC(O)c1ccccc1C=O)C[Si](C)(C)C. The van der Waals surface area contributed by atoms with Crippen LogP contribution in [0.15, 0.2) is 42.1 Å². The second-order valence-corrected chi connectivity index (χ2v) is 11.5. The van der Waals surface area contributed by atoms with Crippen molar-refractivity contribution in [2.24, 2.45) is 0 Å². The highest BCUT2D eigenvalue weighted by Gasteiger charge is 2.19. The Morgan fingerprint density at radius 2 is 2.05 bits per heavy atom. The molecule has 1 N–H and O–H groups in total. The molecule has 19 heavy (non-hydrogen) atoms. The minimum Gasteiger partial charge on any atom is -0.388 e. The zero-order valence-electron chi connectivity index (χ0n) is 11.9. The van der Waals surface area contributed by atoms with Gasteiger partial charge in [0.25, 0.3) is 0 Å². The van der Waals surface area contributed by atoms with Gasteiger partial charge in [-0.05, 0) is 17.2 Å². The molecule has 1 rings (SSSR count). The Balaban J connectivity index is 2.87. The fraction of sp³-hybridized carbons (Fsp3) is 0.375. The molecule has 0 saturated heterocycles. The van der Waals surface area contributed by atoms with E-state index in [1.807, 2.05) is 6.07 Å². The third-order valence-electron chi connectivity index (χ3n) is 2.92. The minimum atomic E-state index is -1.25. The zero-order chi connectivity index (χ0) is 14.5. The largest absolute Gasteiger partial charge is 0.388 e. The van der Waals surface area contributed by atoms with Gasteiger partial charge in [0.1, 0.15) is 6.29 Å². The second-order valence-electron chi connectivity index (χ2n) is 5.98. The summed E-state index contributed by atoms with van der Waals surface area (Å²) in [6.07, 6.45) is 0.620. The topological polar surface area (TPSA) is 37.3 Å². The van der Waals surface area contributed by atoms with Crippen LogP contribution in [0.2, 0.25) is 25.7 Å². The number of hydrogen-bond acceptors (Lipinski definition) is 2. The van der Waals surface area contributed by atoms with Gasteiger partial charge in [0, 0.05) is 20.1 Å². The molecular formula is C16H22O2Si. The molecule has 0 amide bonds. The van der Waals surface area contributed by atoms with E-state index in [0.29, 0.717) is 17.5 Å². The lowest BCUT2D eigenvalue weighted by molar-refractivity contribution is 0.111. The van der Waals surface area contributed by atoms with Gasteiger partial charge in [-0.25, -0.2) is 0 Å². The molecule has 0 aliphatic rings. The third-order valence-corrected chi connectivity index (χ3v) is 4.40. The van der Waals surface area contributed by atoms with Gasteiger partial charge in [-0.1, -0.05) is 50.5 Å². The van der Waals surface area contributed by atoms with Crippen molar-refractivity contribution in [2.75, 3.05) is 0 Å². The van der Waals surface area contributed by atoms with Gasteiger partial charge < -0.3 is 5.11 Å². The summed E-state index contributed by atoms with van der Waals surface area (Å²) in [7, 11) is -1.25. The fourth-order valence-corrected chi connectivity index (χ4v) is 3.66. The molecule has 2 nitrogen and oxygen atoms in total. The first-order chi connectivity index (χ1) is 8.87. The molecule has 0 fully saturated rings. The van der Waals surface area contributed by atoms with E-state index in [0.717, 1.165) is 17.9 Å². The van der Waals surface area contributed by atoms with E-state index in [1.165, 1.54) is 0 Å². The zero-order valence-corrected chi connectivity index (χ0v) is 12.9. The van der Waals surface area contributed by atoms with E-state index in [1.54, 1.807) is 18.2 Å². The summed E-state index contributed by atoms with van der Waals surface area (Å²) in [5.41, 5.74) is 5.23. The maximum atomic E-state index is 11.0. The highest BCUT2D eigenvalue weighted by Crippen LogP contribution is 2.27. The van der Waals surface area contributed by atoms with Crippen LogP contribution >= 0.6 is 0 Å². The average Bonchev–Trinajstić information content (AvgIpc) is 2.36. The quantitative estimate of drug-likeness (QED) is 0.484. The van der Waals surface area contributed by atoms with Crippen molar-refractivity contribution in [3.05, 3.63) is 53.3 Å². The molecule has 0 saturated carbocycles. The van der Waals surface area contributed by atoms with Crippen molar-refractivity contribution >= 4 is 14.4 Å². The fourth-order valence-electron chi connectivity index (χ4n) is 2.11. The first-order valence-electron chi connectivity index (χ1n) is 6.47. The van der Waals surface area contributed by atoms with E-state index in [-0.39, 0.29) is 0 Å². The second kappa shape index (κ2) is 6.67. The van der Waals surface area contributed by atoms with Gasteiger partial charge in [-0.15, -0.1) is 5.73 Å². The Kier molecular flexibility index (Phi) is 5.49. The third kappa shape index (κ3) is 4.99.